The van der Waals surface area contributed by atoms with Crippen molar-refractivity contribution in [1.29, 1.82) is 0 Å². The molecule has 0 aliphatic rings. The van der Waals surface area contributed by atoms with Gasteiger partial charge in [-0.25, -0.2) is 0 Å². The molecule has 0 aromatic carbocycles. The van der Waals surface area contributed by atoms with Crippen molar-refractivity contribution in [3.63, 3.8) is 0 Å². The molecule has 77 heavy (non-hydrogen) atoms. The summed E-state index contributed by atoms with van der Waals surface area (Å²) in [6, 6.07) is 0. The molecule has 0 aliphatic carbocycles. The van der Waals surface area contributed by atoms with Crippen LogP contribution in [0.5, 0.6) is 0 Å². The first-order chi connectivity index (χ1) is 38.0. The lowest BCUT2D eigenvalue weighted by molar-refractivity contribution is -0.167. The molecular weight excluding hydrogens is 949 g/mol. The van der Waals surface area contributed by atoms with Gasteiger partial charge in [0.05, 0.1) is 0 Å². The van der Waals surface area contributed by atoms with E-state index in [0.29, 0.717) is 19.3 Å². The Bertz CT molecular complexity index is 1510. The average molecular weight is 1070 g/mol. The van der Waals surface area contributed by atoms with Crippen LogP contribution in [-0.2, 0) is 28.6 Å². The highest BCUT2D eigenvalue weighted by molar-refractivity contribution is 5.71. The summed E-state index contributed by atoms with van der Waals surface area (Å²) in [6.45, 7) is 6.55. The lowest BCUT2D eigenvalue weighted by atomic mass is 10.1. The van der Waals surface area contributed by atoms with Crippen LogP contribution in [0.4, 0.5) is 0 Å². The number of hydrogen-bond donors (Lipinski definition) is 0. The standard InChI is InChI=1S/C71H122O6/c1-4-7-10-13-16-19-22-25-27-29-31-33-34-35-36-38-39-41-43-46-49-52-55-58-61-64-70(73)76-67-68(66-75-69(72)63-60-57-54-51-48-45-24-21-18-15-12-9-6-3)77-71(74)65-62-59-56-53-50-47-44-42-40-37-32-30-28-26-23-20-17-14-11-8-5-2/h12,15,21-26,29-32,34-35,40,42,68H,4-11,13-14,16-20,27-28,33,36-39,41,43-67H2,1-3H3/b15-12-,24-21-,25-22-,26-23-,31-29-,32-30-,35-34-,42-40-. The van der Waals surface area contributed by atoms with Crippen LogP contribution in [0.15, 0.2) is 97.2 Å². The molecule has 0 saturated heterocycles. The number of hydrogen-bond acceptors (Lipinski definition) is 6. The molecule has 1 atom stereocenters. The molecule has 0 aromatic rings. The summed E-state index contributed by atoms with van der Waals surface area (Å²) < 4.78 is 16.9. The predicted molar refractivity (Wildman–Crippen MR) is 334 cm³/mol. The Morgan fingerprint density at radius 2 is 0.494 bits per heavy atom. The highest BCUT2D eigenvalue weighted by Gasteiger charge is 2.19. The Morgan fingerprint density at radius 1 is 0.260 bits per heavy atom. The van der Waals surface area contributed by atoms with E-state index in [0.717, 1.165) is 128 Å². The third-order valence-electron chi connectivity index (χ3n) is 14.0. The molecule has 0 amide bonds. The van der Waals surface area contributed by atoms with E-state index in [9.17, 15) is 14.4 Å². The van der Waals surface area contributed by atoms with Gasteiger partial charge >= 0.3 is 17.9 Å². The van der Waals surface area contributed by atoms with E-state index in [2.05, 4.69) is 118 Å². The molecule has 0 fully saturated rings. The second-order valence-corrected chi connectivity index (χ2v) is 21.7. The molecule has 0 spiro atoms. The maximum atomic E-state index is 12.9. The summed E-state index contributed by atoms with van der Waals surface area (Å²) in [5.41, 5.74) is 0. The van der Waals surface area contributed by atoms with Gasteiger partial charge in [-0.1, -0.05) is 272 Å². The fraction of sp³-hybridized carbons (Fsp3) is 0.732. The van der Waals surface area contributed by atoms with Crippen LogP contribution in [0, 0.1) is 0 Å². The first kappa shape index (κ1) is 73.3. The number of carbonyl (C=O) groups is 3. The van der Waals surface area contributed by atoms with Gasteiger partial charge in [-0.3, -0.25) is 14.4 Å². The van der Waals surface area contributed by atoms with Crippen molar-refractivity contribution >= 4 is 17.9 Å². The van der Waals surface area contributed by atoms with Crippen molar-refractivity contribution in [2.75, 3.05) is 13.2 Å². The fourth-order valence-corrected chi connectivity index (χ4v) is 9.08. The second kappa shape index (κ2) is 64.9. The molecule has 0 aliphatic heterocycles. The zero-order valence-corrected chi connectivity index (χ0v) is 50.7. The number of allylic oxidation sites excluding steroid dienone is 16. The van der Waals surface area contributed by atoms with E-state index in [-0.39, 0.29) is 31.1 Å². The summed E-state index contributed by atoms with van der Waals surface area (Å²) >= 11 is 0. The molecule has 0 N–H and O–H groups in total. The van der Waals surface area contributed by atoms with Crippen LogP contribution in [0.1, 0.15) is 316 Å². The third kappa shape index (κ3) is 63.0. The minimum atomic E-state index is -0.795. The van der Waals surface area contributed by atoms with Crippen LogP contribution in [-0.4, -0.2) is 37.2 Å². The zero-order valence-electron chi connectivity index (χ0n) is 50.7. The molecule has 1 unspecified atom stereocenters. The van der Waals surface area contributed by atoms with E-state index in [1.54, 1.807) is 0 Å². The van der Waals surface area contributed by atoms with Crippen LogP contribution in [0.3, 0.4) is 0 Å². The van der Waals surface area contributed by atoms with Gasteiger partial charge in [-0.15, -0.1) is 0 Å². The van der Waals surface area contributed by atoms with Gasteiger partial charge in [0.1, 0.15) is 13.2 Å². The number of rotatable bonds is 59. The van der Waals surface area contributed by atoms with Crippen molar-refractivity contribution in [1.82, 2.24) is 0 Å². The Labute approximate surface area is 477 Å². The number of carbonyl (C=O) groups excluding carboxylic acids is 3. The van der Waals surface area contributed by atoms with Crippen LogP contribution >= 0.6 is 0 Å². The van der Waals surface area contributed by atoms with E-state index in [4.69, 9.17) is 14.2 Å². The summed E-state index contributed by atoms with van der Waals surface area (Å²) in [7, 11) is 0. The number of ether oxygens (including phenoxy) is 3. The normalized spacial score (nSPS) is 12.7. The van der Waals surface area contributed by atoms with E-state index >= 15 is 0 Å². The van der Waals surface area contributed by atoms with E-state index in [1.807, 2.05) is 0 Å². The van der Waals surface area contributed by atoms with Crippen LogP contribution < -0.4 is 0 Å². The Hall–Kier alpha value is -3.67. The predicted octanol–water partition coefficient (Wildman–Crippen LogP) is 22.4. The minimum Gasteiger partial charge on any atom is -0.462 e. The number of unbranched alkanes of at least 4 members (excludes halogenated alkanes) is 32. The quantitative estimate of drug-likeness (QED) is 0.0261. The molecule has 0 aromatic heterocycles. The van der Waals surface area contributed by atoms with Crippen LogP contribution in [0.25, 0.3) is 0 Å². The van der Waals surface area contributed by atoms with Gasteiger partial charge in [-0.05, 0) is 122 Å². The van der Waals surface area contributed by atoms with Crippen molar-refractivity contribution in [2.24, 2.45) is 0 Å². The van der Waals surface area contributed by atoms with Gasteiger partial charge in [0, 0.05) is 19.3 Å². The molecule has 0 bridgehead atoms. The SMILES string of the molecule is CCC/C=C\C/C=C\CCCCCCCC(=O)OCC(COC(=O)CCCCCCCCCCCC/C=C\C/C=C\C/C=C\CCCCCCC)OC(=O)CCCCCCCC/C=C\C/C=C\C/C=C\CCCCCCC. The average Bonchev–Trinajstić information content (AvgIpc) is 3.43. The first-order valence-corrected chi connectivity index (χ1v) is 32.7. The summed E-state index contributed by atoms with van der Waals surface area (Å²) in [5.74, 6) is -0.912. The fourth-order valence-electron chi connectivity index (χ4n) is 9.08. The van der Waals surface area contributed by atoms with Crippen LogP contribution in [0.2, 0.25) is 0 Å². The van der Waals surface area contributed by atoms with Gasteiger partial charge in [-0.2, -0.15) is 0 Å². The Kier molecular flexibility index (Phi) is 61.8. The zero-order chi connectivity index (χ0) is 55.7. The summed E-state index contributed by atoms with van der Waals surface area (Å²) in [5, 5.41) is 0. The van der Waals surface area contributed by atoms with Crippen molar-refractivity contribution in [3.8, 4) is 0 Å². The molecule has 0 saturated carbocycles. The summed E-state index contributed by atoms with van der Waals surface area (Å²) in [4.78, 5) is 38.3. The van der Waals surface area contributed by atoms with Crippen molar-refractivity contribution in [2.45, 2.75) is 322 Å². The number of esters is 3. The molecule has 6 heteroatoms. The first-order valence-electron chi connectivity index (χ1n) is 32.7. The van der Waals surface area contributed by atoms with E-state index in [1.165, 1.54) is 148 Å². The maximum Gasteiger partial charge on any atom is 0.306 e. The highest BCUT2D eigenvalue weighted by Crippen LogP contribution is 2.16. The minimum absolute atomic E-state index is 0.0895. The van der Waals surface area contributed by atoms with E-state index < -0.39 is 6.10 Å². The lowest BCUT2D eigenvalue weighted by Crippen LogP contribution is -2.30. The lowest BCUT2D eigenvalue weighted by Gasteiger charge is -2.18. The van der Waals surface area contributed by atoms with Gasteiger partial charge < -0.3 is 14.2 Å². The molecular formula is C71H122O6. The second-order valence-electron chi connectivity index (χ2n) is 21.7. The van der Waals surface area contributed by atoms with Crippen molar-refractivity contribution in [3.05, 3.63) is 97.2 Å². The third-order valence-corrected chi connectivity index (χ3v) is 14.0. The van der Waals surface area contributed by atoms with Gasteiger partial charge in [0.25, 0.3) is 0 Å². The molecule has 0 radical (unpaired) electrons. The summed E-state index contributed by atoms with van der Waals surface area (Å²) in [6.07, 6.45) is 87.0. The van der Waals surface area contributed by atoms with Gasteiger partial charge in [0.2, 0.25) is 0 Å². The van der Waals surface area contributed by atoms with Gasteiger partial charge in [0.15, 0.2) is 6.10 Å². The molecule has 0 rings (SSSR count). The smallest absolute Gasteiger partial charge is 0.306 e. The highest BCUT2D eigenvalue weighted by atomic mass is 16.6. The molecule has 6 nitrogen and oxygen atoms in total. The Morgan fingerprint density at radius 3 is 0.779 bits per heavy atom. The topological polar surface area (TPSA) is 78.9 Å². The largest absolute Gasteiger partial charge is 0.462 e. The molecule has 442 valence electrons. The maximum absolute atomic E-state index is 12.9. The molecule has 0 heterocycles. The van der Waals surface area contributed by atoms with Crippen molar-refractivity contribution < 1.29 is 28.6 Å². The Balaban J connectivity index is 4.36. The monoisotopic (exact) mass is 1070 g/mol.